The molecular weight excluding hydrogens is 286 g/mol. The van der Waals surface area contributed by atoms with Gasteiger partial charge in [0.05, 0.1) is 12.7 Å². The van der Waals surface area contributed by atoms with Crippen LogP contribution < -0.4 is 16.2 Å². The lowest BCUT2D eigenvalue weighted by Crippen LogP contribution is -2.38. The Labute approximate surface area is 130 Å². The van der Waals surface area contributed by atoms with Gasteiger partial charge in [0.1, 0.15) is 10.7 Å². The second kappa shape index (κ2) is 6.87. The SMILES string of the molecule is COc1ccc(CN2CCC(C(N)=O)CC2)cc1C(N)=S. The van der Waals surface area contributed by atoms with Gasteiger partial charge in [-0.2, -0.15) is 0 Å². The Hall–Kier alpha value is -1.66. The molecule has 0 saturated carbocycles. The van der Waals surface area contributed by atoms with Crippen LogP contribution in [0, 0.1) is 5.92 Å². The smallest absolute Gasteiger partial charge is 0.220 e. The number of methoxy groups -OCH3 is 1. The number of hydrogen-bond donors (Lipinski definition) is 2. The van der Waals surface area contributed by atoms with Crippen LogP contribution >= 0.6 is 12.2 Å². The predicted molar refractivity (Wildman–Crippen MR) is 86.1 cm³/mol. The Bertz CT molecular complexity index is 540. The topological polar surface area (TPSA) is 81.6 Å². The molecule has 6 heteroatoms. The zero-order chi connectivity index (χ0) is 15.4. The lowest BCUT2D eigenvalue weighted by molar-refractivity contribution is -0.123. The monoisotopic (exact) mass is 307 g/mol. The minimum Gasteiger partial charge on any atom is -0.496 e. The highest BCUT2D eigenvalue weighted by Gasteiger charge is 2.23. The molecule has 0 spiro atoms. The summed E-state index contributed by atoms with van der Waals surface area (Å²) in [6, 6.07) is 5.88. The molecule has 0 unspecified atom stereocenters. The average Bonchev–Trinajstić information content (AvgIpc) is 2.47. The third kappa shape index (κ3) is 3.92. The van der Waals surface area contributed by atoms with E-state index >= 15 is 0 Å². The molecule has 1 aliphatic heterocycles. The maximum absolute atomic E-state index is 11.2. The van der Waals surface area contributed by atoms with Crippen molar-refractivity contribution in [1.82, 2.24) is 4.90 Å². The lowest BCUT2D eigenvalue weighted by atomic mass is 9.96. The lowest BCUT2D eigenvalue weighted by Gasteiger charge is -2.30. The van der Waals surface area contributed by atoms with E-state index in [9.17, 15) is 4.79 Å². The Kier molecular flexibility index (Phi) is 5.14. The van der Waals surface area contributed by atoms with Crippen LogP contribution in [-0.4, -0.2) is 36.0 Å². The maximum Gasteiger partial charge on any atom is 0.220 e. The number of likely N-dealkylation sites (tertiary alicyclic amines) is 1. The first-order valence-electron chi connectivity index (χ1n) is 6.99. The van der Waals surface area contributed by atoms with Crippen molar-refractivity contribution < 1.29 is 9.53 Å². The number of piperidine rings is 1. The molecule has 5 nitrogen and oxygen atoms in total. The first-order chi connectivity index (χ1) is 10.0. The van der Waals surface area contributed by atoms with Crippen molar-refractivity contribution in [2.45, 2.75) is 19.4 Å². The molecule has 4 N–H and O–H groups in total. The van der Waals surface area contributed by atoms with Crippen LogP contribution in [0.25, 0.3) is 0 Å². The summed E-state index contributed by atoms with van der Waals surface area (Å²) in [6.07, 6.45) is 1.65. The number of primary amides is 1. The maximum atomic E-state index is 11.2. The van der Waals surface area contributed by atoms with Crippen LogP contribution in [0.4, 0.5) is 0 Å². The minimum atomic E-state index is -0.185. The molecule has 21 heavy (non-hydrogen) atoms. The largest absolute Gasteiger partial charge is 0.496 e. The normalized spacial score (nSPS) is 16.6. The predicted octanol–water partition coefficient (Wildman–Crippen LogP) is 1.03. The van der Waals surface area contributed by atoms with Crippen molar-refractivity contribution in [3.05, 3.63) is 29.3 Å². The summed E-state index contributed by atoms with van der Waals surface area (Å²) < 4.78 is 5.26. The van der Waals surface area contributed by atoms with E-state index in [0.29, 0.717) is 10.7 Å². The fourth-order valence-corrected chi connectivity index (χ4v) is 2.84. The van der Waals surface area contributed by atoms with E-state index < -0.39 is 0 Å². The molecule has 0 bridgehead atoms. The van der Waals surface area contributed by atoms with Crippen molar-refractivity contribution in [2.75, 3.05) is 20.2 Å². The highest BCUT2D eigenvalue weighted by atomic mass is 32.1. The molecule has 2 rings (SSSR count). The summed E-state index contributed by atoms with van der Waals surface area (Å²) in [4.78, 5) is 13.8. The van der Waals surface area contributed by atoms with Gasteiger partial charge in [-0.1, -0.05) is 18.3 Å². The second-order valence-electron chi connectivity index (χ2n) is 5.35. The Morgan fingerprint density at radius 1 is 1.38 bits per heavy atom. The van der Waals surface area contributed by atoms with Gasteiger partial charge in [0.2, 0.25) is 5.91 Å². The molecule has 1 aromatic rings. The molecule has 1 aromatic carbocycles. The number of thiocarbonyl (C=S) groups is 1. The third-order valence-electron chi connectivity index (χ3n) is 3.93. The average molecular weight is 307 g/mol. The van der Waals surface area contributed by atoms with Gasteiger partial charge in [0.25, 0.3) is 0 Å². The molecule has 1 heterocycles. The van der Waals surface area contributed by atoms with E-state index in [1.807, 2.05) is 18.2 Å². The molecule has 0 radical (unpaired) electrons. The summed E-state index contributed by atoms with van der Waals surface area (Å²) in [5.41, 5.74) is 13.0. The number of amides is 1. The molecule has 1 saturated heterocycles. The standard InChI is InChI=1S/C15H21N3O2S/c1-20-13-3-2-10(8-12(13)15(17)21)9-18-6-4-11(5-7-18)14(16)19/h2-3,8,11H,4-7,9H2,1H3,(H2,16,19)(H2,17,21). The van der Waals surface area contributed by atoms with Crippen molar-refractivity contribution >= 4 is 23.1 Å². The van der Waals surface area contributed by atoms with E-state index in [2.05, 4.69) is 4.90 Å². The van der Waals surface area contributed by atoms with Gasteiger partial charge in [0, 0.05) is 12.5 Å². The Morgan fingerprint density at radius 3 is 2.57 bits per heavy atom. The van der Waals surface area contributed by atoms with Crippen LogP contribution in [0.3, 0.4) is 0 Å². The van der Waals surface area contributed by atoms with Crippen molar-refractivity contribution in [1.29, 1.82) is 0 Å². The number of rotatable bonds is 5. The summed E-state index contributed by atoms with van der Waals surface area (Å²) >= 11 is 5.06. The first kappa shape index (κ1) is 15.7. The van der Waals surface area contributed by atoms with E-state index in [1.165, 1.54) is 0 Å². The van der Waals surface area contributed by atoms with Gasteiger partial charge in [-0.25, -0.2) is 0 Å². The van der Waals surface area contributed by atoms with Crippen LogP contribution in [-0.2, 0) is 11.3 Å². The fraction of sp³-hybridized carbons (Fsp3) is 0.467. The van der Waals surface area contributed by atoms with Crippen LogP contribution in [0.2, 0.25) is 0 Å². The van der Waals surface area contributed by atoms with Crippen LogP contribution in [0.15, 0.2) is 18.2 Å². The second-order valence-corrected chi connectivity index (χ2v) is 5.79. The van der Waals surface area contributed by atoms with Gasteiger partial charge in [0.15, 0.2) is 0 Å². The van der Waals surface area contributed by atoms with E-state index in [1.54, 1.807) is 7.11 Å². The number of ether oxygens (including phenoxy) is 1. The zero-order valence-electron chi connectivity index (χ0n) is 12.2. The number of benzene rings is 1. The zero-order valence-corrected chi connectivity index (χ0v) is 13.0. The molecule has 0 aromatic heterocycles. The van der Waals surface area contributed by atoms with Crippen molar-refractivity contribution in [3.8, 4) is 5.75 Å². The van der Waals surface area contributed by atoms with Crippen LogP contribution in [0.5, 0.6) is 5.75 Å². The number of nitrogens with two attached hydrogens (primary N) is 2. The van der Waals surface area contributed by atoms with Gasteiger partial charge < -0.3 is 16.2 Å². The molecule has 1 aliphatic rings. The number of carbonyl (C=O) groups is 1. The molecule has 114 valence electrons. The number of carbonyl (C=O) groups excluding carboxylic acids is 1. The van der Waals surface area contributed by atoms with E-state index in [0.717, 1.165) is 43.6 Å². The van der Waals surface area contributed by atoms with Crippen molar-refractivity contribution in [3.63, 3.8) is 0 Å². The highest BCUT2D eigenvalue weighted by Crippen LogP contribution is 2.23. The van der Waals surface area contributed by atoms with Gasteiger partial charge in [-0.15, -0.1) is 0 Å². The minimum absolute atomic E-state index is 0.0179. The quantitative estimate of drug-likeness (QED) is 0.794. The molecule has 1 amide bonds. The van der Waals surface area contributed by atoms with Gasteiger partial charge in [-0.3, -0.25) is 9.69 Å². The third-order valence-corrected chi connectivity index (χ3v) is 4.15. The molecule has 0 atom stereocenters. The van der Waals surface area contributed by atoms with Gasteiger partial charge >= 0.3 is 0 Å². The number of nitrogens with zero attached hydrogens (tertiary/aromatic N) is 1. The molecule has 1 fully saturated rings. The first-order valence-corrected chi connectivity index (χ1v) is 7.40. The molecule has 0 aliphatic carbocycles. The van der Waals surface area contributed by atoms with E-state index in [-0.39, 0.29) is 11.8 Å². The van der Waals surface area contributed by atoms with E-state index in [4.69, 9.17) is 28.4 Å². The summed E-state index contributed by atoms with van der Waals surface area (Å²) in [6.45, 7) is 2.56. The van der Waals surface area contributed by atoms with Crippen molar-refractivity contribution in [2.24, 2.45) is 17.4 Å². The van der Waals surface area contributed by atoms with Crippen LogP contribution in [0.1, 0.15) is 24.0 Å². The summed E-state index contributed by atoms with van der Waals surface area (Å²) in [5.74, 6) is 0.526. The van der Waals surface area contributed by atoms with Gasteiger partial charge in [-0.05, 0) is 43.6 Å². The summed E-state index contributed by atoms with van der Waals surface area (Å²) in [7, 11) is 1.60. The Balaban J connectivity index is 2.02. The summed E-state index contributed by atoms with van der Waals surface area (Å²) in [5, 5.41) is 0. The molecular formula is C15H21N3O2S. The fourth-order valence-electron chi connectivity index (χ4n) is 2.68. The Morgan fingerprint density at radius 2 is 2.05 bits per heavy atom. The highest BCUT2D eigenvalue weighted by molar-refractivity contribution is 7.80. The number of hydrogen-bond acceptors (Lipinski definition) is 4.